The summed E-state index contributed by atoms with van der Waals surface area (Å²) in [5.74, 6) is 0.887. The van der Waals surface area contributed by atoms with Gasteiger partial charge in [0.15, 0.2) is 11.5 Å². The summed E-state index contributed by atoms with van der Waals surface area (Å²) in [7, 11) is 1.69. The first-order valence-corrected chi connectivity index (χ1v) is 5.28. The largest absolute Gasteiger partial charge is 0.382 e. The fourth-order valence-electron chi connectivity index (χ4n) is 1.68. The van der Waals surface area contributed by atoms with Crippen LogP contribution in [0.2, 0.25) is 0 Å². The summed E-state index contributed by atoms with van der Waals surface area (Å²) >= 11 is 0. The Kier molecular flexibility index (Phi) is 2.12. The van der Waals surface area contributed by atoms with Crippen LogP contribution in [0.15, 0.2) is 29.5 Å². The average Bonchev–Trinajstić information content (AvgIpc) is 2.78. The van der Waals surface area contributed by atoms with Crippen LogP contribution in [0.5, 0.6) is 0 Å². The van der Waals surface area contributed by atoms with E-state index in [2.05, 4.69) is 19.9 Å². The van der Waals surface area contributed by atoms with Crippen molar-refractivity contribution in [3.05, 3.63) is 35.0 Å². The molecule has 3 rings (SSSR count). The first-order chi connectivity index (χ1) is 8.65. The number of anilines is 1. The average molecular weight is 242 g/mol. The van der Waals surface area contributed by atoms with Gasteiger partial charge < -0.3 is 15.3 Å². The lowest BCUT2D eigenvalue weighted by molar-refractivity contribution is 0.860. The molecule has 0 aliphatic carbocycles. The lowest BCUT2D eigenvalue weighted by atomic mass is 10.2. The van der Waals surface area contributed by atoms with Crippen LogP contribution in [-0.2, 0) is 7.05 Å². The van der Waals surface area contributed by atoms with Gasteiger partial charge in [0, 0.05) is 24.9 Å². The monoisotopic (exact) mass is 242 g/mol. The molecule has 0 aliphatic heterocycles. The molecule has 3 aromatic rings. The van der Waals surface area contributed by atoms with E-state index in [1.807, 2.05) is 0 Å². The van der Waals surface area contributed by atoms with E-state index >= 15 is 0 Å². The fraction of sp³-hybridized carbons (Fsp3) is 0.0909. The highest BCUT2D eigenvalue weighted by molar-refractivity contribution is 5.84. The standard InChI is InChI=1S/C11H10N6O/c1-17-3-2-6(4-7(17)18)10-15-8-9(12)13-5-14-11(8)16-10/h2-5H,1H3,(H3,12,13,14,15,16). The molecule has 0 saturated heterocycles. The van der Waals surface area contributed by atoms with Crippen molar-refractivity contribution in [2.75, 3.05) is 5.73 Å². The number of nitrogens with zero attached hydrogens (tertiary/aromatic N) is 4. The summed E-state index contributed by atoms with van der Waals surface area (Å²) in [6, 6.07) is 3.30. The summed E-state index contributed by atoms with van der Waals surface area (Å²) in [6.07, 6.45) is 3.03. The van der Waals surface area contributed by atoms with Crippen LogP contribution >= 0.6 is 0 Å². The predicted molar refractivity (Wildman–Crippen MR) is 66.8 cm³/mol. The number of nitrogens with two attached hydrogens (primary N) is 1. The van der Waals surface area contributed by atoms with Crippen molar-refractivity contribution in [3.8, 4) is 11.4 Å². The van der Waals surface area contributed by atoms with Crippen molar-refractivity contribution >= 4 is 17.0 Å². The molecule has 0 spiro atoms. The molecule has 0 saturated carbocycles. The van der Waals surface area contributed by atoms with Crippen molar-refractivity contribution < 1.29 is 0 Å². The maximum Gasteiger partial charge on any atom is 0.250 e. The lowest BCUT2D eigenvalue weighted by Gasteiger charge is -1.98. The molecule has 3 N–H and O–H groups in total. The zero-order valence-corrected chi connectivity index (χ0v) is 9.58. The van der Waals surface area contributed by atoms with Gasteiger partial charge >= 0.3 is 0 Å². The van der Waals surface area contributed by atoms with Crippen molar-refractivity contribution in [1.29, 1.82) is 0 Å². The molecule has 3 aromatic heterocycles. The SMILES string of the molecule is Cn1ccc(-c2nc3ncnc(N)c3[nH]2)cc1=O. The van der Waals surface area contributed by atoms with E-state index < -0.39 is 0 Å². The van der Waals surface area contributed by atoms with Gasteiger partial charge in [-0.15, -0.1) is 0 Å². The molecule has 0 amide bonds. The Morgan fingerprint density at radius 1 is 1.39 bits per heavy atom. The van der Waals surface area contributed by atoms with Gasteiger partial charge in [-0.3, -0.25) is 4.79 Å². The molecule has 0 atom stereocenters. The van der Waals surface area contributed by atoms with Gasteiger partial charge in [-0.1, -0.05) is 0 Å². The van der Waals surface area contributed by atoms with E-state index in [1.165, 1.54) is 17.0 Å². The Bertz CT molecular complexity index is 788. The van der Waals surface area contributed by atoms with E-state index in [0.29, 0.717) is 28.4 Å². The van der Waals surface area contributed by atoms with Gasteiger partial charge in [0.25, 0.3) is 5.56 Å². The molecular weight excluding hydrogens is 232 g/mol. The Hall–Kier alpha value is -2.70. The molecule has 0 fully saturated rings. The number of aromatic amines is 1. The summed E-state index contributed by atoms with van der Waals surface area (Å²) in [5.41, 5.74) is 7.36. The highest BCUT2D eigenvalue weighted by Gasteiger charge is 2.09. The molecule has 3 heterocycles. The van der Waals surface area contributed by atoms with Gasteiger partial charge in [0.2, 0.25) is 0 Å². The zero-order valence-electron chi connectivity index (χ0n) is 9.58. The van der Waals surface area contributed by atoms with Gasteiger partial charge in [0.05, 0.1) is 0 Å². The number of aromatic nitrogens is 5. The minimum atomic E-state index is -0.105. The van der Waals surface area contributed by atoms with Crippen molar-refractivity contribution in [1.82, 2.24) is 24.5 Å². The zero-order chi connectivity index (χ0) is 12.7. The Balaban J connectivity index is 2.22. The third kappa shape index (κ3) is 1.53. The first kappa shape index (κ1) is 10.5. The number of hydrogen-bond donors (Lipinski definition) is 2. The van der Waals surface area contributed by atoms with E-state index in [-0.39, 0.29) is 5.56 Å². The number of aryl methyl sites for hydroxylation is 1. The number of nitrogens with one attached hydrogen (secondary N) is 1. The van der Waals surface area contributed by atoms with Crippen molar-refractivity contribution in [2.45, 2.75) is 0 Å². The van der Waals surface area contributed by atoms with Gasteiger partial charge in [-0.2, -0.15) is 0 Å². The van der Waals surface area contributed by atoms with E-state index in [0.717, 1.165) is 0 Å². The van der Waals surface area contributed by atoms with Crippen molar-refractivity contribution in [2.24, 2.45) is 7.05 Å². The maximum absolute atomic E-state index is 11.6. The minimum absolute atomic E-state index is 0.105. The number of H-pyrrole nitrogens is 1. The normalized spacial score (nSPS) is 10.9. The Morgan fingerprint density at radius 2 is 2.22 bits per heavy atom. The third-order valence-corrected chi connectivity index (χ3v) is 2.70. The molecule has 7 heteroatoms. The summed E-state index contributed by atoms with van der Waals surface area (Å²) in [5, 5.41) is 0. The first-order valence-electron chi connectivity index (χ1n) is 5.28. The summed E-state index contributed by atoms with van der Waals surface area (Å²) < 4.78 is 1.49. The smallest absolute Gasteiger partial charge is 0.250 e. The number of hydrogen-bond acceptors (Lipinski definition) is 5. The minimum Gasteiger partial charge on any atom is -0.382 e. The molecule has 0 aliphatic rings. The molecule has 0 unspecified atom stereocenters. The van der Waals surface area contributed by atoms with Crippen LogP contribution in [0.3, 0.4) is 0 Å². The fourth-order valence-corrected chi connectivity index (χ4v) is 1.68. The number of pyridine rings is 1. The summed E-state index contributed by atoms with van der Waals surface area (Å²) in [4.78, 5) is 26.7. The second-order valence-electron chi connectivity index (χ2n) is 3.91. The van der Waals surface area contributed by atoms with E-state index in [1.54, 1.807) is 19.3 Å². The lowest BCUT2D eigenvalue weighted by Crippen LogP contribution is -2.14. The highest BCUT2D eigenvalue weighted by Crippen LogP contribution is 2.19. The molecule has 0 bridgehead atoms. The van der Waals surface area contributed by atoms with Crippen LogP contribution in [0, 0.1) is 0 Å². The van der Waals surface area contributed by atoms with Gasteiger partial charge in [-0.05, 0) is 6.07 Å². The summed E-state index contributed by atoms with van der Waals surface area (Å²) in [6.45, 7) is 0. The number of nitrogen functional groups attached to an aromatic ring is 1. The van der Waals surface area contributed by atoms with Crippen molar-refractivity contribution in [3.63, 3.8) is 0 Å². The van der Waals surface area contributed by atoms with Crippen LogP contribution in [-0.4, -0.2) is 24.5 Å². The number of rotatable bonds is 1. The number of fused-ring (bicyclic) bond motifs is 1. The Labute approximate surface area is 101 Å². The van der Waals surface area contributed by atoms with Gasteiger partial charge in [0.1, 0.15) is 17.7 Å². The van der Waals surface area contributed by atoms with Crippen LogP contribution in [0.4, 0.5) is 5.82 Å². The predicted octanol–water partition coefficient (Wildman–Crippen LogP) is 0.301. The van der Waals surface area contributed by atoms with E-state index in [4.69, 9.17) is 5.73 Å². The quantitative estimate of drug-likeness (QED) is 0.639. The molecule has 0 aromatic carbocycles. The molecule has 0 radical (unpaired) electrons. The number of imidazole rings is 1. The van der Waals surface area contributed by atoms with Crippen LogP contribution in [0.1, 0.15) is 0 Å². The van der Waals surface area contributed by atoms with Gasteiger partial charge in [-0.25, -0.2) is 15.0 Å². The topological polar surface area (TPSA) is 102 Å². The third-order valence-electron chi connectivity index (χ3n) is 2.70. The molecular formula is C11H10N6O. The molecule has 90 valence electrons. The maximum atomic E-state index is 11.6. The van der Waals surface area contributed by atoms with Crippen LogP contribution in [0.25, 0.3) is 22.6 Å². The molecule has 18 heavy (non-hydrogen) atoms. The van der Waals surface area contributed by atoms with E-state index in [9.17, 15) is 4.79 Å². The second-order valence-corrected chi connectivity index (χ2v) is 3.91. The highest BCUT2D eigenvalue weighted by atomic mass is 16.1. The molecule has 7 nitrogen and oxygen atoms in total. The second kappa shape index (κ2) is 3.66. The van der Waals surface area contributed by atoms with Crippen LogP contribution < -0.4 is 11.3 Å². The Morgan fingerprint density at radius 3 is 2.94 bits per heavy atom.